The van der Waals surface area contributed by atoms with Crippen LogP contribution in [0.5, 0.6) is 23.0 Å². The van der Waals surface area contributed by atoms with Crippen molar-refractivity contribution < 1.29 is 33.3 Å². The second kappa shape index (κ2) is 9.77. The minimum Gasteiger partial charge on any atom is -0.495 e. The third kappa shape index (κ3) is 5.01. The van der Waals surface area contributed by atoms with Crippen molar-refractivity contribution in [1.82, 2.24) is 0 Å². The predicted molar refractivity (Wildman–Crippen MR) is 111 cm³/mol. The molecule has 0 aliphatic carbocycles. The van der Waals surface area contributed by atoms with Crippen molar-refractivity contribution >= 4 is 40.8 Å². The van der Waals surface area contributed by atoms with Gasteiger partial charge in [0.2, 0.25) is 0 Å². The van der Waals surface area contributed by atoms with Crippen molar-refractivity contribution in [2.75, 3.05) is 39.4 Å². The molecular formula is C20H19Cl2NO7. The molecular weight excluding hydrogens is 437 g/mol. The van der Waals surface area contributed by atoms with E-state index in [0.717, 1.165) is 0 Å². The molecule has 1 amide bonds. The molecule has 0 aromatic heterocycles. The van der Waals surface area contributed by atoms with Crippen molar-refractivity contribution in [3.8, 4) is 23.0 Å². The first-order chi connectivity index (χ1) is 14.4. The zero-order valence-electron chi connectivity index (χ0n) is 16.3. The number of ether oxygens (including phenoxy) is 5. The molecule has 0 bridgehead atoms. The molecule has 0 unspecified atom stereocenters. The van der Waals surface area contributed by atoms with Crippen LogP contribution in [0, 0.1) is 0 Å². The van der Waals surface area contributed by atoms with Crippen molar-refractivity contribution in [2.45, 2.75) is 6.42 Å². The third-order valence-corrected chi connectivity index (χ3v) is 4.70. The van der Waals surface area contributed by atoms with E-state index in [1.807, 2.05) is 0 Å². The standard InChI is InChI=1S/C20H19Cl2NO7/c1-26-15-9-16(27-2)14(8-12(15)21)23-18(24)10-30-20(25)11-6-13(22)19-17(7-11)28-4-3-5-29-19/h6-9H,3-5,10H2,1-2H3,(H,23,24). The van der Waals surface area contributed by atoms with Gasteiger partial charge in [-0.1, -0.05) is 23.2 Å². The minimum absolute atomic E-state index is 0.141. The third-order valence-electron chi connectivity index (χ3n) is 4.12. The van der Waals surface area contributed by atoms with E-state index in [-0.39, 0.29) is 15.6 Å². The van der Waals surface area contributed by atoms with Gasteiger partial charge >= 0.3 is 5.97 Å². The van der Waals surface area contributed by atoms with E-state index in [0.29, 0.717) is 48.3 Å². The van der Waals surface area contributed by atoms with Crippen LogP contribution in [-0.4, -0.2) is 45.9 Å². The fourth-order valence-corrected chi connectivity index (χ4v) is 3.21. The van der Waals surface area contributed by atoms with Gasteiger partial charge in [0.1, 0.15) is 11.5 Å². The number of hydrogen-bond donors (Lipinski definition) is 1. The molecule has 8 nitrogen and oxygen atoms in total. The number of halogens is 2. The Labute approximate surface area is 182 Å². The Hall–Kier alpha value is -2.84. The average Bonchev–Trinajstić information content (AvgIpc) is 2.98. The van der Waals surface area contributed by atoms with E-state index in [9.17, 15) is 9.59 Å². The van der Waals surface area contributed by atoms with Crippen LogP contribution in [0.1, 0.15) is 16.8 Å². The van der Waals surface area contributed by atoms with Crippen LogP contribution in [0.2, 0.25) is 10.0 Å². The van der Waals surface area contributed by atoms with E-state index in [4.69, 9.17) is 46.9 Å². The first kappa shape index (κ1) is 21.9. The summed E-state index contributed by atoms with van der Waals surface area (Å²) in [4.78, 5) is 24.6. The molecule has 0 radical (unpaired) electrons. The summed E-state index contributed by atoms with van der Waals surface area (Å²) in [5, 5.41) is 3.09. The molecule has 1 N–H and O–H groups in total. The van der Waals surface area contributed by atoms with Crippen molar-refractivity contribution in [2.24, 2.45) is 0 Å². The zero-order valence-corrected chi connectivity index (χ0v) is 17.8. The van der Waals surface area contributed by atoms with E-state index in [1.54, 1.807) is 0 Å². The average molecular weight is 456 g/mol. The number of nitrogens with one attached hydrogen (secondary N) is 1. The Morgan fingerprint density at radius 1 is 1.00 bits per heavy atom. The van der Waals surface area contributed by atoms with Gasteiger partial charge in [-0.2, -0.15) is 0 Å². The molecule has 2 aromatic rings. The summed E-state index contributed by atoms with van der Waals surface area (Å²) in [6.45, 7) is 0.379. The minimum atomic E-state index is -0.734. The van der Waals surface area contributed by atoms with Crippen molar-refractivity contribution in [1.29, 1.82) is 0 Å². The summed E-state index contributed by atoms with van der Waals surface area (Å²) in [6, 6.07) is 5.88. The zero-order chi connectivity index (χ0) is 21.7. The molecule has 1 aliphatic heterocycles. The van der Waals surface area contributed by atoms with Gasteiger partial charge in [-0.3, -0.25) is 4.79 Å². The summed E-state index contributed by atoms with van der Waals surface area (Å²) >= 11 is 12.3. The van der Waals surface area contributed by atoms with Gasteiger partial charge in [0.25, 0.3) is 5.91 Å². The molecule has 0 saturated heterocycles. The number of carbonyl (C=O) groups excluding carboxylic acids is 2. The first-order valence-electron chi connectivity index (χ1n) is 8.90. The molecule has 3 rings (SSSR count). The fourth-order valence-electron chi connectivity index (χ4n) is 2.71. The monoisotopic (exact) mass is 455 g/mol. The number of anilines is 1. The van der Waals surface area contributed by atoms with Crippen LogP contribution >= 0.6 is 23.2 Å². The summed E-state index contributed by atoms with van der Waals surface area (Å²) in [7, 11) is 2.90. The summed E-state index contributed by atoms with van der Waals surface area (Å²) in [5.74, 6) is 0.154. The quantitative estimate of drug-likeness (QED) is 0.658. The lowest BCUT2D eigenvalue weighted by molar-refractivity contribution is -0.119. The number of fused-ring (bicyclic) bond motifs is 1. The highest BCUT2D eigenvalue weighted by atomic mass is 35.5. The molecule has 10 heteroatoms. The molecule has 1 heterocycles. The summed E-state index contributed by atoms with van der Waals surface area (Å²) in [5.41, 5.74) is 0.449. The van der Waals surface area contributed by atoms with Crippen molar-refractivity contribution in [3.05, 3.63) is 39.9 Å². The Morgan fingerprint density at radius 2 is 1.73 bits per heavy atom. The van der Waals surface area contributed by atoms with Gasteiger partial charge in [-0.15, -0.1) is 0 Å². The normalized spacial score (nSPS) is 12.5. The highest BCUT2D eigenvalue weighted by Gasteiger charge is 2.20. The maximum Gasteiger partial charge on any atom is 0.338 e. The Kier molecular flexibility index (Phi) is 7.12. The van der Waals surface area contributed by atoms with Gasteiger partial charge < -0.3 is 29.0 Å². The highest BCUT2D eigenvalue weighted by molar-refractivity contribution is 6.33. The van der Waals surface area contributed by atoms with E-state index >= 15 is 0 Å². The molecule has 0 saturated carbocycles. The molecule has 2 aromatic carbocycles. The van der Waals surface area contributed by atoms with Gasteiger partial charge in [-0.05, 0) is 18.2 Å². The van der Waals surface area contributed by atoms with Crippen LogP contribution in [0.15, 0.2) is 24.3 Å². The van der Waals surface area contributed by atoms with Crippen LogP contribution < -0.4 is 24.3 Å². The number of hydrogen-bond acceptors (Lipinski definition) is 7. The lowest BCUT2D eigenvalue weighted by Crippen LogP contribution is -2.21. The van der Waals surface area contributed by atoms with E-state index in [2.05, 4.69) is 5.32 Å². The first-order valence-corrected chi connectivity index (χ1v) is 9.66. The maximum absolute atomic E-state index is 12.4. The Balaban J connectivity index is 1.65. The molecule has 30 heavy (non-hydrogen) atoms. The van der Waals surface area contributed by atoms with Gasteiger partial charge in [0.05, 0.1) is 48.7 Å². The lowest BCUT2D eigenvalue weighted by atomic mass is 10.2. The Morgan fingerprint density at radius 3 is 2.47 bits per heavy atom. The SMILES string of the molecule is COc1cc(OC)c(NC(=O)COC(=O)c2cc(Cl)c3c(c2)OCCCO3)cc1Cl. The number of carbonyl (C=O) groups is 2. The lowest BCUT2D eigenvalue weighted by Gasteiger charge is -2.13. The van der Waals surface area contributed by atoms with Crippen LogP contribution in [0.3, 0.4) is 0 Å². The number of amides is 1. The van der Waals surface area contributed by atoms with Gasteiger partial charge in [-0.25, -0.2) is 4.79 Å². The molecule has 0 spiro atoms. The number of esters is 1. The summed E-state index contributed by atoms with van der Waals surface area (Å²) in [6.07, 6.45) is 0.698. The Bertz CT molecular complexity index is 965. The smallest absolute Gasteiger partial charge is 0.338 e. The molecule has 160 valence electrons. The number of benzene rings is 2. The second-order valence-electron chi connectivity index (χ2n) is 6.15. The highest BCUT2D eigenvalue weighted by Crippen LogP contribution is 2.38. The van der Waals surface area contributed by atoms with E-state index in [1.165, 1.54) is 38.5 Å². The predicted octanol–water partition coefficient (Wildman–Crippen LogP) is 3.97. The number of rotatable bonds is 6. The largest absolute Gasteiger partial charge is 0.495 e. The molecule has 1 aliphatic rings. The summed E-state index contributed by atoms with van der Waals surface area (Å²) < 4.78 is 26.5. The van der Waals surface area contributed by atoms with Crippen molar-refractivity contribution in [3.63, 3.8) is 0 Å². The second-order valence-corrected chi connectivity index (χ2v) is 6.96. The molecule has 0 atom stereocenters. The fraction of sp³-hybridized carbons (Fsp3) is 0.300. The van der Waals surface area contributed by atoms with Crippen LogP contribution in [-0.2, 0) is 9.53 Å². The number of methoxy groups -OCH3 is 2. The van der Waals surface area contributed by atoms with Gasteiger partial charge in [0.15, 0.2) is 18.1 Å². The van der Waals surface area contributed by atoms with Crippen LogP contribution in [0.4, 0.5) is 5.69 Å². The topological polar surface area (TPSA) is 92.3 Å². The van der Waals surface area contributed by atoms with Crippen LogP contribution in [0.25, 0.3) is 0 Å². The molecule has 0 fully saturated rings. The van der Waals surface area contributed by atoms with Gasteiger partial charge in [0, 0.05) is 12.5 Å². The maximum atomic E-state index is 12.4. The van der Waals surface area contributed by atoms with E-state index < -0.39 is 18.5 Å².